The van der Waals surface area contributed by atoms with Crippen LogP contribution in [0, 0.1) is 11.3 Å². The summed E-state index contributed by atoms with van der Waals surface area (Å²) in [6, 6.07) is 0.715. The molecule has 3 fully saturated rings. The molecule has 3 aliphatic rings. The molecule has 0 amide bonds. The minimum Gasteiger partial charge on any atom is -0.381 e. The molecule has 1 heterocycles. The first kappa shape index (κ1) is 14.8. The van der Waals surface area contributed by atoms with Crippen LogP contribution in [0.2, 0.25) is 0 Å². The van der Waals surface area contributed by atoms with Gasteiger partial charge in [-0.25, -0.2) is 0 Å². The van der Waals surface area contributed by atoms with Crippen molar-refractivity contribution in [3.8, 4) is 0 Å². The highest BCUT2D eigenvalue weighted by Crippen LogP contribution is 2.53. The minimum absolute atomic E-state index is 0.465. The predicted octanol–water partition coefficient (Wildman–Crippen LogP) is 3.13. The van der Waals surface area contributed by atoms with E-state index in [0.29, 0.717) is 23.5 Å². The second-order valence-corrected chi connectivity index (χ2v) is 7.09. The van der Waals surface area contributed by atoms with Crippen LogP contribution in [0.15, 0.2) is 0 Å². The lowest BCUT2D eigenvalue weighted by Crippen LogP contribution is -2.64. The lowest BCUT2D eigenvalue weighted by Gasteiger charge is -2.58. The summed E-state index contributed by atoms with van der Waals surface area (Å²) in [5.41, 5.74) is 0.465. The molecule has 3 atom stereocenters. The van der Waals surface area contributed by atoms with Crippen molar-refractivity contribution in [2.75, 3.05) is 26.4 Å². The summed E-state index contributed by atoms with van der Waals surface area (Å²) in [7, 11) is 0. The maximum atomic E-state index is 6.35. The van der Waals surface area contributed by atoms with E-state index in [1.807, 2.05) is 0 Å². The van der Waals surface area contributed by atoms with Gasteiger partial charge < -0.3 is 14.8 Å². The molecule has 1 saturated heterocycles. The van der Waals surface area contributed by atoms with Crippen molar-refractivity contribution in [3.05, 3.63) is 0 Å². The summed E-state index contributed by atoms with van der Waals surface area (Å²) < 4.78 is 11.8. The van der Waals surface area contributed by atoms with Crippen LogP contribution in [0.25, 0.3) is 0 Å². The van der Waals surface area contributed by atoms with E-state index >= 15 is 0 Å². The maximum Gasteiger partial charge on any atom is 0.0661 e. The number of ether oxygens (including phenoxy) is 2. The highest BCUT2D eigenvalue weighted by Gasteiger charge is 2.55. The third-order valence-corrected chi connectivity index (χ3v) is 5.77. The Morgan fingerprint density at radius 1 is 1.25 bits per heavy atom. The van der Waals surface area contributed by atoms with Crippen molar-refractivity contribution in [1.29, 1.82) is 0 Å². The molecule has 0 aromatic carbocycles. The van der Waals surface area contributed by atoms with E-state index in [2.05, 4.69) is 12.2 Å². The quantitative estimate of drug-likeness (QED) is 0.811. The summed E-state index contributed by atoms with van der Waals surface area (Å²) in [5.74, 6) is 0.651. The van der Waals surface area contributed by atoms with Crippen molar-refractivity contribution in [1.82, 2.24) is 5.32 Å². The molecule has 2 saturated carbocycles. The highest BCUT2D eigenvalue weighted by atomic mass is 16.5. The Labute approximate surface area is 123 Å². The van der Waals surface area contributed by atoms with Gasteiger partial charge in [0.15, 0.2) is 0 Å². The lowest BCUT2D eigenvalue weighted by atomic mass is 9.55. The Morgan fingerprint density at radius 3 is 2.80 bits per heavy atom. The van der Waals surface area contributed by atoms with E-state index in [4.69, 9.17) is 9.47 Å². The molecule has 0 aromatic heterocycles. The number of hydrogen-bond donors (Lipinski definition) is 1. The van der Waals surface area contributed by atoms with Crippen LogP contribution in [0.1, 0.15) is 58.3 Å². The molecule has 3 unspecified atom stereocenters. The average molecular weight is 281 g/mol. The molecule has 116 valence electrons. The van der Waals surface area contributed by atoms with Crippen LogP contribution in [0.4, 0.5) is 0 Å². The van der Waals surface area contributed by atoms with Crippen molar-refractivity contribution < 1.29 is 9.47 Å². The van der Waals surface area contributed by atoms with Crippen molar-refractivity contribution in [2.45, 2.75) is 70.4 Å². The number of nitrogens with one attached hydrogen (secondary N) is 1. The normalized spacial score (nSPS) is 36.1. The van der Waals surface area contributed by atoms with E-state index in [9.17, 15) is 0 Å². The monoisotopic (exact) mass is 281 g/mol. The van der Waals surface area contributed by atoms with Crippen molar-refractivity contribution >= 4 is 0 Å². The van der Waals surface area contributed by atoms with E-state index < -0.39 is 0 Å². The van der Waals surface area contributed by atoms with Gasteiger partial charge in [0.1, 0.15) is 0 Å². The van der Waals surface area contributed by atoms with Crippen molar-refractivity contribution in [2.24, 2.45) is 11.3 Å². The minimum atomic E-state index is 0.465. The van der Waals surface area contributed by atoms with Gasteiger partial charge in [-0.3, -0.25) is 0 Å². The third-order valence-electron chi connectivity index (χ3n) is 5.77. The second-order valence-electron chi connectivity index (χ2n) is 7.09. The average Bonchev–Trinajstić information content (AvgIpc) is 3.00. The third kappa shape index (κ3) is 2.90. The van der Waals surface area contributed by atoms with Crippen LogP contribution in [-0.2, 0) is 9.47 Å². The molecule has 3 heteroatoms. The van der Waals surface area contributed by atoms with Gasteiger partial charge >= 0.3 is 0 Å². The molecule has 0 bridgehead atoms. The lowest BCUT2D eigenvalue weighted by molar-refractivity contribution is -0.158. The zero-order chi connectivity index (χ0) is 13.8. The van der Waals surface area contributed by atoms with Gasteiger partial charge in [0, 0.05) is 24.0 Å². The summed E-state index contributed by atoms with van der Waals surface area (Å²) >= 11 is 0. The molecule has 0 radical (unpaired) electrons. The van der Waals surface area contributed by atoms with Gasteiger partial charge in [-0.1, -0.05) is 26.2 Å². The fourth-order valence-corrected chi connectivity index (χ4v) is 4.43. The Hall–Kier alpha value is -0.120. The van der Waals surface area contributed by atoms with E-state index in [1.54, 1.807) is 0 Å². The topological polar surface area (TPSA) is 30.5 Å². The van der Waals surface area contributed by atoms with Gasteiger partial charge in [-0.2, -0.15) is 0 Å². The molecular weight excluding hydrogens is 250 g/mol. The predicted molar refractivity (Wildman–Crippen MR) is 80.9 cm³/mol. The van der Waals surface area contributed by atoms with Gasteiger partial charge in [0.05, 0.1) is 19.3 Å². The Kier molecular flexibility index (Phi) is 5.00. The Bertz CT molecular complexity index is 295. The molecule has 3 rings (SSSR count). The SMILES string of the molecule is CCCNC1CC(OCC2CCOC2)C12CCCCC2. The summed E-state index contributed by atoms with van der Waals surface area (Å²) in [6.45, 7) is 6.19. The smallest absolute Gasteiger partial charge is 0.0661 e. The van der Waals surface area contributed by atoms with Crippen LogP contribution in [0.5, 0.6) is 0 Å². The van der Waals surface area contributed by atoms with E-state index in [-0.39, 0.29) is 0 Å². The van der Waals surface area contributed by atoms with Crippen molar-refractivity contribution in [3.63, 3.8) is 0 Å². The van der Waals surface area contributed by atoms with Gasteiger partial charge in [-0.15, -0.1) is 0 Å². The highest BCUT2D eigenvalue weighted by molar-refractivity contribution is 5.08. The summed E-state index contributed by atoms with van der Waals surface area (Å²) in [4.78, 5) is 0. The van der Waals surface area contributed by atoms with Crippen LogP contribution in [0.3, 0.4) is 0 Å². The first-order valence-corrected chi connectivity index (χ1v) is 8.78. The zero-order valence-corrected chi connectivity index (χ0v) is 13.0. The van der Waals surface area contributed by atoms with E-state index in [0.717, 1.165) is 26.4 Å². The molecule has 20 heavy (non-hydrogen) atoms. The van der Waals surface area contributed by atoms with Gasteiger partial charge in [0.2, 0.25) is 0 Å². The fraction of sp³-hybridized carbons (Fsp3) is 1.00. The number of rotatable bonds is 6. The first-order chi connectivity index (χ1) is 9.85. The molecule has 2 aliphatic carbocycles. The van der Waals surface area contributed by atoms with Crippen LogP contribution >= 0.6 is 0 Å². The summed E-state index contributed by atoms with van der Waals surface area (Å²) in [6.07, 6.45) is 11.1. The maximum absolute atomic E-state index is 6.35. The molecule has 1 spiro atoms. The molecule has 3 nitrogen and oxygen atoms in total. The van der Waals surface area contributed by atoms with Crippen LogP contribution in [-0.4, -0.2) is 38.5 Å². The standard InChI is InChI=1S/C17H31NO2/c1-2-9-18-15-11-16(17(15)7-4-3-5-8-17)20-13-14-6-10-19-12-14/h14-16,18H,2-13H2,1H3. The van der Waals surface area contributed by atoms with Gasteiger partial charge in [0.25, 0.3) is 0 Å². The van der Waals surface area contributed by atoms with Gasteiger partial charge in [-0.05, 0) is 38.6 Å². The first-order valence-electron chi connectivity index (χ1n) is 8.78. The fourth-order valence-electron chi connectivity index (χ4n) is 4.43. The largest absolute Gasteiger partial charge is 0.381 e. The molecule has 1 N–H and O–H groups in total. The molecular formula is C17H31NO2. The Balaban J connectivity index is 1.53. The summed E-state index contributed by atoms with van der Waals surface area (Å²) in [5, 5.41) is 3.78. The second kappa shape index (κ2) is 6.76. The number of hydrogen-bond acceptors (Lipinski definition) is 3. The Morgan fingerprint density at radius 2 is 2.10 bits per heavy atom. The van der Waals surface area contributed by atoms with Crippen LogP contribution < -0.4 is 5.32 Å². The van der Waals surface area contributed by atoms with E-state index in [1.165, 1.54) is 51.4 Å². The molecule has 0 aromatic rings. The zero-order valence-electron chi connectivity index (χ0n) is 13.0. The molecule has 1 aliphatic heterocycles.